The van der Waals surface area contributed by atoms with Crippen LogP contribution in [-0.2, 0) is 19.3 Å². The highest BCUT2D eigenvalue weighted by atomic mass is 32.2. The lowest BCUT2D eigenvalue weighted by molar-refractivity contribution is 0.0473. The molecule has 2 heterocycles. The maximum Gasteiger partial charge on any atom is 0.407 e. The van der Waals surface area contributed by atoms with Crippen molar-refractivity contribution in [3.8, 4) is 0 Å². The van der Waals surface area contributed by atoms with Crippen molar-refractivity contribution in [2.24, 2.45) is 0 Å². The SMILES string of the molecule is CC(C)(C)OC(=O)N[C@@H](CN1C(=O)c2ccccc2C1=O)CS(=O)(=O)C(C)(C)C.CC(C)(C)OC(=O)N[C@H](CSC(C)(C)C)CN1C(=O)c2ccccc2C1=O. The quantitative estimate of drug-likeness (QED) is 0.264. The van der Waals surface area contributed by atoms with Gasteiger partial charge in [-0.2, -0.15) is 11.8 Å². The van der Waals surface area contributed by atoms with Gasteiger partial charge in [-0.3, -0.25) is 29.0 Å². The van der Waals surface area contributed by atoms with Crippen LogP contribution in [0.4, 0.5) is 9.59 Å². The van der Waals surface area contributed by atoms with Crippen molar-refractivity contribution in [2.45, 2.75) is 116 Å². The van der Waals surface area contributed by atoms with Crippen LogP contribution in [0.3, 0.4) is 0 Å². The van der Waals surface area contributed by atoms with Crippen molar-refractivity contribution in [2.75, 3.05) is 24.6 Å². The summed E-state index contributed by atoms with van der Waals surface area (Å²) in [6, 6.07) is 11.7. The molecule has 2 N–H and O–H groups in total. The minimum absolute atomic E-state index is 0.0180. The second-order valence-electron chi connectivity index (χ2n) is 17.5. The molecule has 0 fully saturated rings. The van der Waals surface area contributed by atoms with Crippen molar-refractivity contribution in [1.82, 2.24) is 20.4 Å². The zero-order chi connectivity index (χ0) is 42.6. The van der Waals surface area contributed by atoms with E-state index in [1.807, 2.05) is 0 Å². The number of thioether (sulfide) groups is 1. The average Bonchev–Trinajstić information content (AvgIpc) is 3.41. The summed E-state index contributed by atoms with van der Waals surface area (Å²) in [5.74, 6) is -1.58. The molecule has 0 unspecified atom stereocenters. The van der Waals surface area contributed by atoms with E-state index >= 15 is 0 Å². The monoisotopic (exact) mass is 816 g/mol. The van der Waals surface area contributed by atoms with Crippen LogP contribution in [0.15, 0.2) is 48.5 Å². The van der Waals surface area contributed by atoms with E-state index in [0.29, 0.717) is 16.9 Å². The molecule has 0 aliphatic carbocycles. The summed E-state index contributed by atoms with van der Waals surface area (Å²) in [6.45, 7) is 21.1. The van der Waals surface area contributed by atoms with E-state index in [1.54, 1.807) is 110 Å². The van der Waals surface area contributed by atoms with Gasteiger partial charge >= 0.3 is 12.2 Å². The number of hydrogen-bond donors (Lipinski definition) is 2. The standard InChI is InChI=1S/C20H28N2O6S.C20H28N2O4S/c1-19(2,3)28-18(25)21-13(12-29(26,27)20(4,5)6)11-22-16(23)14-9-7-8-10-15(14)17(22)24;1-19(2,3)26-18(25)21-13(12-27-20(4,5)6)11-22-16(23)14-9-7-8-10-15(14)17(22)24/h7-10,13H,11-12H2,1-6H3,(H,21,25);7-10,13H,11-12H2,1-6H3,(H,21,25)/t2*13-/m00/s1. The summed E-state index contributed by atoms with van der Waals surface area (Å²) in [7, 11) is -3.65. The number of nitrogens with one attached hydrogen (secondary N) is 2. The molecule has 2 aromatic rings. The zero-order valence-corrected chi connectivity index (χ0v) is 36.0. The maximum absolute atomic E-state index is 12.7. The van der Waals surface area contributed by atoms with Crippen LogP contribution in [-0.4, -0.2) is 111 Å². The Bertz CT molecular complexity index is 1870. The maximum atomic E-state index is 12.7. The third-order valence-corrected chi connectivity index (χ3v) is 12.2. The van der Waals surface area contributed by atoms with Crippen molar-refractivity contribution in [3.05, 3.63) is 70.8 Å². The third kappa shape index (κ3) is 12.8. The highest BCUT2D eigenvalue weighted by Crippen LogP contribution is 2.27. The molecule has 2 aliphatic rings. The molecule has 0 saturated heterocycles. The van der Waals surface area contributed by atoms with E-state index in [0.717, 1.165) is 4.90 Å². The summed E-state index contributed by atoms with van der Waals surface area (Å²) in [4.78, 5) is 77.1. The predicted octanol–water partition coefficient (Wildman–Crippen LogP) is 6.10. The predicted molar refractivity (Wildman–Crippen MR) is 216 cm³/mol. The van der Waals surface area contributed by atoms with Gasteiger partial charge in [0.2, 0.25) is 0 Å². The van der Waals surface area contributed by atoms with Gasteiger partial charge in [0.15, 0.2) is 9.84 Å². The molecule has 308 valence electrons. The van der Waals surface area contributed by atoms with Gasteiger partial charge in [-0.25, -0.2) is 18.0 Å². The molecule has 16 heteroatoms. The van der Waals surface area contributed by atoms with Crippen LogP contribution >= 0.6 is 11.8 Å². The molecule has 4 rings (SSSR count). The molecule has 14 nitrogen and oxygen atoms in total. The first-order valence-electron chi connectivity index (χ1n) is 18.3. The molecule has 0 radical (unpaired) electrons. The summed E-state index contributed by atoms with van der Waals surface area (Å²) >= 11 is 1.65. The van der Waals surface area contributed by atoms with Gasteiger partial charge in [-0.05, 0) is 86.6 Å². The number of benzene rings is 2. The van der Waals surface area contributed by atoms with Crippen LogP contribution in [0.25, 0.3) is 0 Å². The van der Waals surface area contributed by atoms with E-state index < -0.39 is 67.6 Å². The first kappa shape index (κ1) is 45.9. The van der Waals surface area contributed by atoms with Gasteiger partial charge in [-0.15, -0.1) is 0 Å². The molecule has 56 heavy (non-hydrogen) atoms. The van der Waals surface area contributed by atoms with Crippen LogP contribution < -0.4 is 10.6 Å². The van der Waals surface area contributed by atoms with Gasteiger partial charge in [0.25, 0.3) is 23.6 Å². The van der Waals surface area contributed by atoms with Gasteiger partial charge in [0.05, 0.1) is 57.9 Å². The van der Waals surface area contributed by atoms with E-state index in [-0.39, 0.29) is 40.8 Å². The van der Waals surface area contributed by atoms with Crippen molar-refractivity contribution in [3.63, 3.8) is 0 Å². The Hall–Kier alpha value is -4.44. The van der Waals surface area contributed by atoms with Crippen molar-refractivity contribution >= 4 is 57.4 Å². The van der Waals surface area contributed by atoms with Gasteiger partial charge in [-0.1, -0.05) is 45.0 Å². The lowest BCUT2D eigenvalue weighted by Crippen LogP contribution is -2.51. The number of alkyl carbamates (subject to hydrolysis) is 2. The minimum atomic E-state index is -3.65. The first-order chi connectivity index (χ1) is 25.5. The third-order valence-electron chi connectivity index (χ3n) is 8.08. The first-order valence-corrected chi connectivity index (χ1v) is 20.9. The Morgan fingerprint density at radius 3 is 1.23 bits per heavy atom. The highest BCUT2D eigenvalue weighted by molar-refractivity contribution is 8.00. The smallest absolute Gasteiger partial charge is 0.407 e. The highest BCUT2D eigenvalue weighted by Gasteiger charge is 2.40. The molecule has 2 aliphatic heterocycles. The number of sulfone groups is 1. The normalized spacial score (nSPS) is 15.7. The Kier molecular flexibility index (Phi) is 14.2. The molecule has 0 bridgehead atoms. The lowest BCUT2D eigenvalue weighted by Gasteiger charge is -2.28. The van der Waals surface area contributed by atoms with Crippen LogP contribution in [0.2, 0.25) is 0 Å². The number of amides is 6. The molecule has 2 aromatic carbocycles. The number of carbonyl (C=O) groups is 6. The molecular weight excluding hydrogens is 761 g/mol. The van der Waals surface area contributed by atoms with E-state index in [2.05, 4.69) is 31.4 Å². The molecule has 2 atom stereocenters. The summed E-state index contributed by atoms with van der Waals surface area (Å²) in [5, 5.41) is 5.32. The number of nitrogens with zero attached hydrogens (tertiary/aromatic N) is 2. The van der Waals surface area contributed by atoms with Gasteiger partial charge < -0.3 is 20.1 Å². The Balaban J connectivity index is 0.000000301. The summed E-state index contributed by atoms with van der Waals surface area (Å²) in [5.41, 5.74) is -0.0858. The lowest BCUT2D eigenvalue weighted by atomic mass is 10.1. The number of ether oxygens (including phenoxy) is 2. The minimum Gasteiger partial charge on any atom is -0.444 e. The average molecular weight is 817 g/mol. The Labute approximate surface area is 334 Å². The second kappa shape index (κ2) is 17.4. The topological polar surface area (TPSA) is 186 Å². The number of imide groups is 2. The number of rotatable bonds is 10. The largest absolute Gasteiger partial charge is 0.444 e. The fraction of sp³-hybridized carbons (Fsp3) is 0.550. The van der Waals surface area contributed by atoms with Crippen LogP contribution in [0, 0.1) is 0 Å². The molecular formula is C40H56N4O10S2. The van der Waals surface area contributed by atoms with Crippen LogP contribution in [0.5, 0.6) is 0 Å². The summed E-state index contributed by atoms with van der Waals surface area (Å²) < 4.78 is 34.9. The van der Waals surface area contributed by atoms with E-state index in [1.165, 1.54) is 17.0 Å². The molecule has 0 aromatic heterocycles. The fourth-order valence-corrected chi connectivity index (χ4v) is 7.45. The van der Waals surface area contributed by atoms with Gasteiger partial charge in [0.1, 0.15) is 11.2 Å². The van der Waals surface area contributed by atoms with E-state index in [9.17, 15) is 37.2 Å². The van der Waals surface area contributed by atoms with Crippen LogP contribution in [0.1, 0.15) is 125 Å². The second-order valence-corrected chi connectivity index (χ2v) is 22.2. The fourth-order valence-electron chi connectivity index (χ4n) is 5.34. The van der Waals surface area contributed by atoms with Gasteiger partial charge in [0, 0.05) is 10.5 Å². The Morgan fingerprint density at radius 1 is 0.607 bits per heavy atom. The molecule has 0 saturated carbocycles. The van der Waals surface area contributed by atoms with Crippen molar-refractivity contribution < 1.29 is 46.7 Å². The zero-order valence-electron chi connectivity index (χ0n) is 34.4. The van der Waals surface area contributed by atoms with Crippen molar-refractivity contribution in [1.29, 1.82) is 0 Å². The number of hydrogen-bond acceptors (Lipinski definition) is 11. The summed E-state index contributed by atoms with van der Waals surface area (Å²) in [6.07, 6.45) is -1.37. The Morgan fingerprint density at radius 2 is 0.929 bits per heavy atom. The number of fused-ring (bicyclic) bond motifs is 2. The molecule has 0 spiro atoms. The number of carbonyl (C=O) groups excluding carboxylic acids is 6. The molecule has 6 amide bonds. The van der Waals surface area contributed by atoms with E-state index in [4.69, 9.17) is 9.47 Å².